The van der Waals surface area contributed by atoms with Crippen LogP contribution in [0.3, 0.4) is 0 Å². The molecule has 1 amide bonds. The molecule has 2 aromatic rings. The quantitative estimate of drug-likeness (QED) is 0.528. The van der Waals surface area contributed by atoms with Gasteiger partial charge in [-0.05, 0) is 36.2 Å². The molecule has 1 heterocycles. The number of para-hydroxylation sites is 1. The van der Waals surface area contributed by atoms with E-state index in [1.807, 2.05) is 0 Å². The molecular formula is C20H22FN3O5S. The van der Waals surface area contributed by atoms with E-state index in [0.717, 1.165) is 6.26 Å². The maximum absolute atomic E-state index is 13.4. The molecule has 1 saturated heterocycles. The van der Waals surface area contributed by atoms with Gasteiger partial charge in [-0.15, -0.1) is 0 Å². The van der Waals surface area contributed by atoms with Crippen molar-refractivity contribution in [2.45, 2.75) is 17.7 Å². The van der Waals surface area contributed by atoms with Crippen LogP contribution in [0, 0.1) is 15.9 Å². The Kier molecular flexibility index (Phi) is 6.35. The van der Waals surface area contributed by atoms with Gasteiger partial charge in [0.25, 0.3) is 0 Å². The summed E-state index contributed by atoms with van der Waals surface area (Å²) in [5, 5.41) is 11.6. The number of halogens is 1. The van der Waals surface area contributed by atoms with Crippen LogP contribution in [0.25, 0.3) is 0 Å². The van der Waals surface area contributed by atoms with E-state index in [0.29, 0.717) is 38.2 Å². The predicted molar refractivity (Wildman–Crippen MR) is 110 cm³/mol. The van der Waals surface area contributed by atoms with Crippen molar-refractivity contribution in [3.05, 3.63) is 64.0 Å². The summed E-state index contributed by atoms with van der Waals surface area (Å²) in [5.41, 5.74) is 0.361. The second-order valence-corrected chi connectivity index (χ2v) is 9.17. The average molecular weight is 435 g/mol. The van der Waals surface area contributed by atoms with Crippen LogP contribution in [0.15, 0.2) is 47.4 Å². The third-order valence-electron chi connectivity index (χ3n) is 4.99. The second-order valence-electron chi connectivity index (χ2n) is 7.18. The maximum Gasteiger partial charge on any atom is 0.311 e. The number of hydrogen-bond donors (Lipinski definition) is 0. The molecule has 0 bridgehead atoms. The van der Waals surface area contributed by atoms with Crippen molar-refractivity contribution in [1.82, 2.24) is 4.90 Å². The summed E-state index contributed by atoms with van der Waals surface area (Å²) < 4.78 is 37.3. The first-order chi connectivity index (χ1) is 14.2. The number of carbonyl (C=O) groups is 1. The first-order valence-electron chi connectivity index (χ1n) is 9.41. The molecule has 0 saturated carbocycles. The predicted octanol–water partition coefficient (Wildman–Crippen LogP) is 2.42. The zero-order valence-electron chi connectivity index (χ0n) is 16.5. The number of hydrogen-bond acceptors (Lipinski definition) is 6. The molecule has 1 fully saturated rings. The fourth-order valence-corrected chi connectivity index (χ4v) is 4.45. The molecule has 160 valence electrons. The molecule has 2 aromatic carbocycles. The first kappa shape index (κ1) is 21.7. The molecule has 0 N–H and O–H groups in total. The minimum absolute atomic E-state index is 0.0709. The third kappa shape index (κ3) is 4.93. The topological polar surface area (TPSA) is 101 Å². The van der Waals surface area contributed by atoms with E-state index in [-0.39, 0.29) is 22.9 Å². The van der Waals surface area contributed by atoms with E-state index in [9.17, 15) is 27.7 Å². The van der Waals surface area contributed by atoms with E-state index >= 15 is 0 Å². The Bertz CT molecular complexity index is 1070. The molecule has 0 atom stereocenters. The zero-order chi connectivity index (χ0) is 21.9. The minimum Gasteiger partial charge on any atom is -0.364 e. The van der Waals surface area contributed by atoms with Crippen LogP contribution >= 0.6 is 0 Å². The Morgan fingerprint density at radius 3 is 2.53 bits per heavy atom. The van der Waals surface area contributed by atoms with Crippen LogP contribution in [-0.4, -0.2) is 56.6 Å². The van der Waals surface area contributed by atoms with Crippen molar-refractivity contribution < 1.29 is 22.5 Å². The number of amides is 1. The first-order valence-corrected chi connectivity index (χ1v) is 11.3. The smallest absolute Gasteiger partial charge is 0.311 e. The van der Waals surface area contributed by atoms with Gasteiger partial charge in [-0.3, -0.25) is 14.9 Å². The van der Waals surface area contributed by atoms with Gasteiger partial charge in [-0.25, -0.2) is 12.8 Å². The van der Waals surface area contributed by atoms with Gasteiger partial charge in [0.15, 0.2) is 9.84 Å². The maximum atomic E-state index is 13.4. The van der Waals surface area contributed by atoms with Gasteiger partial charge in [-0.1, -0.05) is 18.2 Å². The fraction of sp³-hybridized carbons (Fsp3) is 0.350. The molecule has 0 aliphatic carbocycles. The molecule has 1 aliphatic rings. The lowest BCUT2D eigenvalue weighted by Crippen LogP contribution is -2.36. The van der Waals surface area contributed by atoms with Gasteiger partial charge in [0.05, 0.1) is 11.3 Å². The average Bonchev–Trinajstić information content (AvgIpc) is 2.93. The summed E-state index contributed by atoms with van der Waals surface area (Å²) >= 11 is 0. The van der Waals surface area contributed by atoms with Crippen LogP contribution in [0.5, 0.6) is 0 Å². The molecule has 0 spiro atoms. The van der Waals surface area contributed by atoms with Crippen molar-refractivity contribution in [3.8, 4) is 0 Å². The SMILES string of the molecule is CS(=O)(=O)c1cccc(N2CCCN(C(=O)Cc3cccc(F)c3)CC2)c1[N+](=O)[O-]. The Morgan fingerprint density at radius 2 is 1.87 bits per heavy atom. The van der Waals surface area contributed by atoms with Crippen LogP contribution < -0.4 is 4.90 Å². The number of sulfone groups is 1. The van der Waals surface area contributed by atoms with Crippen LogP contribution in [0.4, 0.5) is 15.8 Å². The molecule has 3 rings (SSSR count). The molecule has 1 aliphatic heterocycles. The lowest BCUT2D eigenvalue weighted by atomic mass is 10.1. The Labute approximate surface area is 174 Å². The summed E-state index contributed by atoms with van der Waals surface area (Å²) in [6, 6.07) is 10.1. The Balaban J connectivity index is 1.79. The number of nitro benzene ring substituents is 1. The van der Waals surface area contributed by atoms with E-state index in [1.165, 1.54) is 30.3 Å². The summed E-state index contributed by atoms with van der Waals surface area (Å²) in [4.78, 5) is 26.7. The van der Waals surface area contributed by atoms with Gasteiger partial charge in [-0.2, -0.15) is 0 Å². The largest absolute Gasteiger partial charge is 0.364 e. The monoisotopic (exact) mass is 435 g/mol. The molecule has 0 radical (unpaired) electrons. The van der Waals surface area contributed by atoms with Gasteiger partial charge < -0.3 is 9.80 Å². The lowest BCUT2D eigenvalue weighted by molar-refractivity contribution is -0.387. The number of nitrogens with zero attached hydrogens (tertiary/aromatic N) is 3. The summed E-state index contributed by atoms with van der Waals surface area (Å²) in [7, 11) is -3.77. The zero-order valence-corrected chi connectivity index (χ0v) is 17.3. The van der Waals surface area contributed by atoms with Crippen LogP contribution in [0.2, 0.25) is 0 Å². The van der Waals surface area contributed by atoms with Crippen molar-refractivity contribution in [1.29, 1.82) is 0 Å². The van der Waals surface area contributed by atoms with Crippen LogP contribution in [-0.2, 0) is 21.1 Å². The number of carbonyl (C=O) groups excluding carboxylic acids is 1. The highest BCUT2D eigenvalue weighted by molar-refractivity contribution is 7.90. The van der Waals surface area contributed by atoms with Crippen molar-refractivity contribution in [2.24, 2.45) is 0 Å². The standard InChI is InChI=1S/C20H22FN3O5S/c1-30(28,29)18-8-3-7-17(20(18)24(26)27)22-9-4-10-23(12-11-22)19(25)14-15-5-2-6-16(21)13-15/h2-3,5-8,13H,4,9-12,14H2,1H3. The normalized spacial score (nSPS) is 15.0. The van der Waals surface area contributed by atoms with Gasteiger partial charge in [0, 0.05) is 32.4 Å². The molecule has 8 nitrogen and oxygen atoms in total. The fourth-order valence-electron chi connectivity index (χ4n) is 3.59. The highest BCUT2D eigenvalue weighted by Crippen LogP contribution is 2.35. The lowest BCUT2D eigenvalue weighted by Gasteiger charge is -2.24. The van der Waals surface area contributed by atoms with E-state index < -0.39 is 26.3 Å². The number of nitro groups is 1. The third-order valence-corrected chi connectivity index (χ3v) is 6.12. The minimum atomic E-state index is -3.77. The van der Waals surface area contributed by atoms with Gasteiger partial charge in [0.1, 0.15) is 16.4 Å². The Hall–Kier alpha value is -3.01. The van der Waals surface area contributed by atoms with E-state index in [4.69, 9.17) is 0 Å². The number of benzene rings is 2. The Morgan fingerprint density at radius 1 is 1.13 bits per heavy atom. The van der Waals surface area contributed by atoms with E-state index in [1.54, 1.807) is 21.9 Å². The molecule has 0 aromatic heterocycles. The summed E-state index contributed by atoms with van der Waals surface area (Å²) in [6.45, 7) is 1.55. The van der Waals surface area contributed by atoms with Crippen LogP contribution in [0.1, 0.15) is 12.0 Å². The molecule has 30 heavy (non-hydrogen) atoms. The number of anilines is 1. The van der Waals surface area contributed by atoms with Gasteiger partial charge >= 0.3 is 5.69 Å². The summed E-state index contributed by atoms with van der Waals surface area (Å²) in [5.74, 6) is -0.553. The van der Waals surface area contributed by atoms with Crippen molar-refractivity contribution in [2.75, 3.05) is 37.3 Å². The highest BCUT2D eigenvalue weighted by atomic mass is 32.2. The molecular weight excluding hydrogens is 413 g/mol. The van der Waals surface area contributed by atoms with Gasteiger partial charge in [0.2, 0.25) is 5.91 Å². The van der Waals surface area contributed by atoms with Crippen molar-refractivity contribution >= 4 is 27.1 Å². The summed E-state index contributed by atoms with van der Waals surface area (Å²) in [6.07, 6.45) is 1.57. The molecule has 10 heteroatoms. The number of rotatable bonds is 5. The highest BCUT2D eigenvalue weighted by Gasteiger charge is 2.30. The van der Waals surface area contributed by atoms with E-state index in [2.05, 4.69) is 0 Å². The van der Waals surface area contributed by atoms with Crippen molar-refractivity contribution in [3.63, 3.8) is 0 Å². The molecule has 0 unspecified atom stereocenters. The second kappa shape index (κ2) is 8.78.